The molecule has 0 fully saturated rings. The highest BCUT2D eigenvalue weighted by molar-refractivity contribution is 6.03. The lowest BCUT2D eigenvalue weighted by molar-refractivity contribution is 0.0916. The first-order valence-electron chi connectivity index (χ1n) is 7.54. The smallest absolute Gasteiger partial charge is 0.287 e. The summed E-state index contributed by atoms with van der Waals surface area (Å²) in [5.41, 5.74) is 3.45. The van der Waals surface area contributed by atoms with Crippen LogP contribution >= 0.6 is 0 Å². The van der Waals surface area contributed by atoms with Crippen molar-refractivity contribution >= 4 is 11.7 Å². The number of nitrogens with zero attached hydrogens (tertiary/aromatic N) is 1. The van der Waals surface area contributed by atoms with Crippen LogP contribution < -0.4 is 5.32 Å². The zero-order valence-corrected chi connectivity index (χ0v) is 13.2. The minimum absolute atomic E-state index is 0.0830. The molecule has 116 valence electrons. The predicted octanol–water partition coefficient (Wildman–Crippen LogP) is 2.68. The quantitative estimate of drug-likeness (QED) is 0.948. The fraction of sp³-hybridized carbons (Fsp3) is 0.412. The van der Waals surface area contributed by atoms with Crippen molar-refractivity contribution in [3.63, 3.8) is 0 Å². The Morgan fingerprint density at radius 3 is 2.73 bits per heavy atom. The summed E-state index contributed by atoms with van der Waals surface area (Å²) < 4.78 is 7.68. The standard InChI is InChI=1S/C17H20N2O3/c1-10-7-8-12(19(10)3)9-18-17(21)16-11(2)15-13(20)5-4-6-14(15)22-16/h7-8H,4-6,9H2,1-3H3,(H,18,21). The fourth-order valence-corrected chi connectivity index (χ4v) is 2.96. The van der Waals surface area contributed by atoms with Gasteiger partial charge < -0.3 is 14.3 Å². The van der Waals surface area contributed by atoms with Crippen LogP contribution in [0.1, 0.15) is 56.5 Å². The molecule has 0 spiro atoms. The van der Waals surface area contributed by atoms with E-state index in [0.717, 1.165) is 24.2 Å². The van der Waals surface area contributed by atoms with Gasteiger partial charge in [-0.3, -0.25) is 9.59 Å². The number of furan rings is 1. The van der Waals surface area contributed by atoms with E-state index in [1.54, 1.807) is 6.92 Å². The monoisotopic (exact) mass is 300 g/mol. The van der Waals surface area contributed by atoms with Gasteiger partial charge in [0.2, 0.25) is 0 Å². The third-order valence-corrected chi connectivity index (χ3v) is 4.42. The van der Waals surface area contributed by atoms with Gasteiger partial charge in [0, 0.05) is 36.8 Å². The zero-order valence-electron chi connectivity index (χ0n) is 13.2. The normalized spacial score (nSPS) is 14.0. The summed E-state index contributed by atoms with van der Waals surface area (Å²) >= 11 is 0. The number of amides is 1. The van der Waals surface area contributed by atoms with Gasteiger partial charge in [-0.15, -0.1) is 0 Å². The third-order valence-electron chi connectivity index (χ3n) is 4.42. The Balaban J connectivity index is 1.78. The Morgan fingerprint density at radius 1 is 1.32 bits per heavy atom. The first kappa shape index (κ1) is 14.6. The number of Topliss-reactive ketones (excluding diaryl/α,β-unsaturated/α-hetero) is 1. The second kappa shape index (κ2) is 5.48. The molecule has 5 nitrogen and oxygen atoms in total. The molecule has 0 aliphatic heterocycles. The molecule has 0 radical (unpaired) electrons. The Labute approximate surface area is 129 Å². The molecular weight excluding hydrogens is 280 g/mol. The molecule has 0 atom stereocenters. The van der Waals surface area contributed by atoms with Crippen LogP contribution in [-0.4, -0.2) is 16.3 Å². The molecule has 0 saturated heterocycles. The summed E-state index contributed by atoms with van der Waals surface area (Å²) in [7, 11) is 1.96. The SMILES string of the molecule is Cc1c(C(=O)NCc2ccc(C)n2C)oc2c1C(=O)CCC2. The summed E-state index contributed by atoms with van der Waals surface area (Å²) in [5.74, 6) is 0.748. The maximum absolute atomic E-state index is 12.4. The number of aryl methyl sites for hydroxylation is 2. The maximum atomic E-state index is 12.4. The number of aromatic nitrogens is 1. The number of ketones is 1. The topological polar surface area (TPSA) is 64.2 Å². The highest BCUT2D eigenvalue weighted by atomic mass is 16.4. The lowest BCUT2D eigenvalue weighted by atomic mass is 9.94. The predicted molar refractivity (Wildman–Crippen MR) is 82.0 cm³/mol. The second-order valence-electron chi connectivity index (χ2n) is 5.84. The van der Waals surface area contributed by atoms with Gasteiger partial charge in [-0.1, -0.05) is 0 Å². The van der Waals surface area contributed by atoms with E-state index in [2.05, 4.69) is 5.32 Å². The number of hydrogen-bond donors (Lipinski definition) is 1. The minimum atomic E-state index is -0.265. The van der Waals surface area contributed by atoms with Crippen LogP contribution in [0, 0.1) is 13.8 Å². The van der Waals surface area contributed by atoms with Crippen molar-refractivity contribution in [2.75, 3.05) is 0 Å². The van der Waals surface area contributed by atoms with Crippen molar-refractivity contribution in [1.29, 1.82) is 0 Å². The first-order valence-corrected chi connectivity index (χ1v) is 7.54. The third kappa shape index (κ3) is 2.36. The second-order valence-corrected chi connectivity index (χ2v) is 5.84. The Hall–Kier alpha value is -2.30. The van der Waals surface area contributed by atoms with Crippen LogP contribution in [0.25, 0.3) is 0 Å². The molecule has 0 bridgehead atoms. The van der Waals surface area contributed by atoms with Crippen molar-refractivity contribution in [2.45, 2.75) is 39.7 Å². The minimum Gasteiger partial charge on any atom is -0.455 e. The van der Waals surface area contributed by atoms with Crippen molar-refractivity contribution < 1.29 is 14.0 Å². The van der Waals surface area contributed by atoms with Crippen LogP contribution in [-0.2, 0) is 20.0 Å². The van der Waals surface area contributed by atoms with Crippen LogP contribution in [0.15, 0.2) is 16.5 Å². The number of carbonyl (C=O) groups is 2. The van der Waals surface area contributed by atoms with Crippen molar-refractivity contribution in [2.24, 2.45) is 7.05 Å². The molecule has 0 unspecified atom stereocenters. The van der Waals surface area contributed by atoms with Gasteiger partial charge in [-0.2, -0.15) is 0 Å². The summed E-state index contributed by atoms with van der Waals surface area (Å²) in [5, 5.41) is 2.87. The molecule has 0 aromatic carbocycles. The number of nitrogens with one attached hydrogen (secondary N) is 1. The average Bonchev–Trinajstić information content (AvgIpc) is 2.99. The van der Waals surface area contributed by atoms with Gasteiger partial charge in [0.15, 0.2) is 11.5 Å². The van der Waals surface area contributed by atoms with E-state index in [4.69, 9.17) is 4.42 Å². The van der Waals surface area contributed by atoms with E-state index in [9.17, 15) is 9.59 Å². The molecule has 2 aromatic heterocycles. The zero-order chi connectivity index (χ0) is 15.9. The van der Waals surface area contributed by atoms with E-state index in [1.165, 1.54) is 0 Å². The maximum Gasteiger partial charge on any atom is 0.287 e. The molecule has 1 aliphatic carbocycles. The summed E-state index contributed by atoms with van der Waals surface area (Å²) in [6.07, 6.45) is 2.06. The van der Waals surface area contributed by atoms with E-state index >= 15 is 0 Å². The average molecular weight is 300 g/mol. The van der Waals surface area contributed by atoms with Crippen molar-refractivity contribution in [1.82, 2.24) is 9.88 Å². The fourth-order valence-electron chi connectivity index (χ4n) is 2.96. The number of carbonyl (C=O) groups excluding carboxylic acids is 2. The van der Waals surface area contributed by atoms with Gasteiger partial charge in [0.25, 0.3) is 5.91 Å². The molecule has 3 rings (SSSR count). The summed E-state index contributed by atoms with van der Waals surface area (Å²) in [4.78, 5) is 24.3. The lowest BCUT2D eigenvalue weighted by Crippen LogP contribution is -2.24. The Bertz CT molecular complexity index is 752. The van der Waals surface area contributed by atoms with Crippen molar-refractivity contribution in [3.05, 3.63) is 46.2 Å². The summed E-state index contributed by atoms with van der Waals surface area (Å²) in [6.45, 7) is 4.23. The molecule has 1 N–H and O–H groups in total. The van der Waals surface area contributed by atoms with Gasteiger partial charge in [0.1, 0.15) is 5.76 Å². The largest absolute Gasteiger partial charge is 0.455 e. The molecule has 2 heterocycles. The molecule has 1 amide bonds. The van der Waals surface area contributed by atoms with Gasteiger partial charge in [-0.05, 0) is 32.4 Å². The van der Waals surface area contributed by atoms with Gasteiger partial charge >= 0.3 is 0 Å². The van der Waals surface area contributed by atoms with E-state index < -0.39 is 0 Å². The van der Waals surface area contributed by atoms with Crippen LogP contribution in [0.5, 0.6) is 0 Å². The number of fused-ring (bicyclic) bond motifs is 1. The highest BCUT2D eigenvalue weighted by Gasteiger charge is 2.28. The molecule has 5 heteroatoms. The molecule has 2 aromatic rings. The lowest BCUT2D eigenvalue weighted by Gasteiger charge is -2.07. The van der Waals surface area contributed by atoms with E-state index in [1.807, 2.05) is 30.7 Å². The van der Waals surface area contributed by atoms with Gasteiger partial charge in [-0.25, -0.2) is 0 Å². The number of rotatable bonds is 3. The number of hydrogen-bond acceptors (Lipinski definition) is 3. The Kier molecular flexibility index (Phi) is 3.64. The van der Waals surface area contributed by atoms with Gasteiger partial charge in [0.05, 0.1) is 12.1 Å². The van der Waals surface area contributed by atoms with Crippen LogP contribution in [0.3, 0.4) is 0 Å². The summed E-state index contributed by atoms with van der Waals surface area (Å²) in [6, 6.07) is 4.00. The molecular formula is C17H20N2O3. The van der Waals surface area contributed by atoms with Crippen LogP contribution in [0.2, 0.25) is 0 Å². The van der Waals surface area contributed by atoms with Crippen LogP contribution in [0.4, 0.5) is 0 Å². The van der Waals surface area contributed by atoms with E-state index in [-0.39, 0.29) is 17.5 Å². The van der Waals surface area contributed by atoms with Crippen molar-refractivity contribution in [3.8, 4) is 0 Å². The molecule has 22 heavy (non-hydrogen) atoms. The highest BCUT2D eigenvalue weighted by Crippen LogP contribution is 2.29. The Morgan fingerprint density at radius 2 is 2.09 bits per heavy atom. The molecule has 1 aliphatic rings. The molecule has 0 saturated carbocycles. The van der Waals surface area contributed by atoms with E-state index in [0.29, 0.717) is 29.9 Å². The first-order chi connectivity index (χ1) is 10.5.